The van der Waals surface area contributed by atoms with Crippen molar-refractivity contribution in [3.8, 4) is 0 Å². The molecule has 2 rings (SSSR count). The van der Waals surface area contributed by atoms with Crippen LogP contribution in [0.4, 0.5) is 0 Å². The Labute approximate surface area is 93.7 Å². The highest BCUT2D eigenvalue weighted by molar-refractivity contribution is 5.00. The van der Waals surface area contributed by atoms with E-state index in [0.717, 1.165) is 19.5 Å². The van der Waals surface area contributed by atoms with Crippen molar-refractivity contribution in [2.75, 3.05) is 0 Å². The minimum absolute atomic E-state index is 0.605. The van der Waals surface area contributed by atoms with Gasteiger partial charge in [-0.15, -0.1) is 0 Å². The van der Waals surface area contributed by atoms with Crippen molar-refractivity contribution in [3.63, 3.8) is 0 Å². The Morgan fingerprint density at radius 1 is 1.44 bits per heavy atom. The SMILES string of the molecule is CCCn1nccc1CNCc1ncon1. The van der Waals surface area contributed by atoms with E-state index in [2.05, 4.69) is 32.0 Å². The molecule has 0 fully saturated rings. The molecule has 2 heterocycles. The maximum absolute atomic E-state index is 4.65. The Hall–Kier alpha value is -1.69. The Morgan fingerprint density at radius 2 is 2.38 bits per heavy atom. The van der Waals surface area contributed by atoms with Gasteiger partial charge >= 0.3 is 0 Å². The lowest BCUT2D eigenvalue weighted by atomic mass is 10.4. The van der Waals surface area contributed by atoms with Gasteiger partial charge in [0.1, 0.15) is 0 Å². The predicted octanol–water partition coefficient (Wildman–Crippen LogP) is 0.966. The number of aryl methyl sites for hydroxylation is 1. The van der Waals surface area contributed by atoms with E-state index in [9.17, 15) is 0 Å². The third-order valence-corrected chi connectivity index (χ3v) is 2.24. The highest BCUT2D eigenvalue weighted by Gasteiger charge is 2.02. The van der Waals surface area contributed by atoms with Gasteiger partial charge in [-0.25, -0.2) is 0 Å². The number of aromatic nitrogens is 4. The summed E-state index contributed by atoms with van der Waals surface area (Å²) in [5.74, 6) is 0.668. The highest BCUT2D eigenvalue weighted by Crippen LogP contribution is 2.00. The predicted molar refractivity (Wildman–Crippen MR) is 57.4 cm³/mol. The molecule has 0 radical (unpaired) electrons. The topological polar surface area (TPSA) is 68.8 Å². The molecule has 0 aromatic carbocycles. The maximum atomic E-state index is 4.65. The van der Waals surface area contributed by atoms with Gasteiger partial charge in [-0.05, 0) is 12.5 Å². The van der Waals surface area contributed by atoms with Crippen molar-refractivity contribution in [1.82, 2.24) is 25.2 Å². The Morgan fingerprint density at radius 3 is 3.12 bits per heavy atom. The normalized spacial score (nSPS) is 10.8. The molecule has 0 aliphatic heterocycles. The second kappa shape index (κ2) is 5.41. The lowest BCUT2D eigenvalue weighted by Gasteiger charge is -2.06. The summed E-state index contributed by atoms with van der Waals surface area (Å²) in [4.78, 5) is 3.93. The first kappa shape index (κ1) is 10.8. The molecular weight excluding hydrogens is 206 g/mol. The van der Waals surface area contributed by atoms with Crippen LogP contribution in [0.2, 0.25) is 0 Å². The van der Waals surface area contributed by atoms with Crippen molar-refractivity contribution >= 4 is 0 Å². The van der Waals surface area contributed by atoms with Crippen molar-refractivity contribution in [2.45, 2.75) is 33.0 Å². The summed E-state index contributed by atoms with van der Waals surface area (Å²) >= 11 is 0. The van der Waals surface area contributed by atoms with Gasteiger partial charge in [-0.2, -0.15) is 10.1 Å². The van der Waals surface area contributed by atoms with Gasteiger partial charge < -0.3 is 9.84 Å². The molecule has 0 atom stereocenters. The maximum Gasteiger partial charge on any atom is 0.213 e. The van der Waals surface area contributed by atoms with Gasteiger partial charge in [0.15, 0.2) is 5.82 Å². The fourth-order valence-electron chi connectivity index (χ4n) is 1.50. The fraction of sp³-hybridized carbons (Fsp3) is 0.500. The minimum atomic E-state index is 0.605. The summed E-state index contributed by atoms with van der Waals surface area (Å²) in [6.07, 6.45) is 4.24. The number of rotatable bonds is 6. The van der Waals surface area contributed by atoms with Gasteiger partial charge in [0.05, 0.1) is 12.2 Å². The first-order chi connectivity index (χ1) is 7.90. The summed E-state index contributed by atoms with van der Waals surface area (Å²) in [5, 5.41) is 11.2. The molecule has 1 N–H and O–H groups in total. The molecule has 0 spiro atoms. The van der Waals surface area contributed by atoms with Gasteiger partial charge in [0, 0.05) is 19.3 Å². The largest absolute Gasteiger partial charge is 0.343 e. The standard InChI is InChI=1S/C10H15N5O/c1-2-5-15-9(3-4-13-15)6-11-7-10-12-8-16-14-10/h3-4,8,11H,2,5-7H2,1H3. The van der Waals surface area contributed by atoms with E-state index in [1.807, 2.05) is 16.9 Å². The molecular formula is C10H15N5O. The van der Waals surface area contributed by atoms with Crippen LogP contribution < -0.4 is 5.32 Å². The number of nitrogens with one attached hydrogen (secondary N) is 1. The van der Waals surface area contributed by atoms with Crippen molar-refractivity contribution in [1.29, 1.82) is 0 Å². The fourth-order valence-corrected chi connectivity index (χ4v) is 1.50. The van der Waals surface area contributed by atoms with Crippen LogP contribution in [-0.4, -0.2) is 19.9 Å². The monoisotopic (exact) mass is 221 g/mol. The lowest BCUT2D eigenvalue weighted by Crippen LogP contribution is -2.17. The van der Waals surface area contributed by atoms with E-state index in [1.165, 1.54) is 12.1 Å². The molecule has 0 aliphatic carbocycles. The zero-order chi connectivity index (χ0) is 11.2. The van der Waals surface area contributed by atoms with Crippen LogP contribution >= 0.6 is 0 Å². The molecule has 86 valence electrons. The lowest BCUT2D eigenvalue weighted by molar-refractivity contribution is 0.406. The van der Waals surface area contributed by atoms with Gasteiger partial charge in [-0.3, -0.25) is 4.68 Å². The van der Waals surface area contributed by atoms with Crippen LogP contribution in [0.1, 0.15) is 24.9 Å². The van der Waals surface area contributed by atoms with Crippen LogP contribution in [0.5, 0.6) is 0 Å². The Bertz CT molecular complexity index is 409. The number of hydrogen-bond acceptors (Lipinski definition) is 5. The van der Waals surface area contributed by atoms with Gasteiger partial charge in [0.25, 0.3) is 0 Å². The summed E-state index contributed by atoms with van der Waals surface area (Å²) in [6.45, 7) is 4.45. The van der Waals surface area contributed by atoms with E-state index in [4.69, 9.17) is 0 Å². The second-order valence-electron chi connectivity index (χ2n) is 3.50. The molecule has 6 nitrogen and oxygen atoms in total. The average molecular weight is 221 g/mol. The third kappa shape index (κ3) is 2.66. The summed E-state index contributed by atoms with van der Waals surface area (Å²) < 4.78 is 6.65. The summed E-state index contributed by atoms with van der Waals surface area (Å²) in [7, 11) is 0. The van der Waals surface area contributed by atoms with E-state index in [-0.39, 0.29) is 0 Å². The number of hydrogen-bond donors (Lipinski definition) is 1. The van der Waals surface area contributed by atoms with Crippen molar-refractivity contribution in [2.24, 2.45) is 0 Å². The smallest absolute Gasteiger partial charge is 0.213 e. The second-order valence-corrected chi connectivity index (χ2v) is 3.50. The zero-order valence-electron chi connectivity index (χ0n) is 9.26. The molecule has 6 heteroatoms. The van der Waals surface area contributed by atoms with Crippen LogP contribution in [0.3, 0.4) is 0 Å². The quantitative estimate of drug-likeness (QED) is 0.787. The van der Waals surface area contributed by atoms with Crippen molar-refractivity contribution in [3.05, 3.63) is 30.2 Å². The van der Waals surface area contributed by atoms with Crippen LogP contribution in [0, 0.1) is 0 Å². The summed E-state index contributed by atoms with van der Waals surface area (Å²) in [5.41, 5.74) is 1.17. The molecule has 0 amide bonds. The molecule has 16 heavy (non-hydrogen) atoms. The molecule has 0 unspecified atom stereocenters. The Balaban J connectivity index is 1.82. The highest BCUT2D eigenvalue weighted by atomic mass is 16.5. The summed E-state index contributed by atoms with van der Waals surface area (Å²) in [6, 6.07) is 2.01. The molecule has 0 bridgehead atoms. The van der Waals surface area contributed by atoms with Gasteiger partial charge in [0.2, 0.25) is 6.39 Å². The van der Waals surface area contributed by atoms with Crippen molar-refractivity contribution < 1.29 is 4.52 Å². The van der Waals surface area contributed by atoms with Crippen LogP contribution in [0.15, 0.2) is 23.2 Å². The van der Waals surface area contributed by atoms with E-state index < -0.39 is 0 Å². The zero-order valence-corrected chi connectivity index (χ0v) is 9.26. The van der Waals surface area contributed by atoms with E-state index >= 15 is 0 Å². The van der Waals surface area contributed by atoms with Crippen LogP contribution in [-0.2, 0) is 19.6 Å². The molecule has 0 saturated carbocycles. The van der Waals surface area contributed by atoms with Crippen LogP contribution in [0.25, 0.3) is 0 Å². The molecule has 2 aromatic heterocycles. The number of nitrogens with zero attached hydrogens (tertiary/aromatic N) is 4. The molecule has 2 aromatic rings. The van der Waals surface area contributed by atoms with E-state index in [1.54, 1.807) is 0 Å². The molecule has 0 saturated heterocycles. The van der Waals surface area contributed by atoms with Gasteiger partial charge in [-0.1, -0.05) is 12.1 Å². The Kier molecular flexibility index (Phi) is 3.66. The average Bonchev–Trinajstić information content (AvgIpc) is 2.91. The first-order valence-electron chi connectivity index (χ1n) is 5.37. The molecule has 0 aliphatic rings. The van der Waals surface area contributed by atoms with E-state index in [0.29, 0.717) is 12.4 Å². The third-order valence-electron chi connectivity index (χ3n) is 2.24. The first-order valence-corrected chi connectivity index (χ1v) is 5.37. The minimum Gasteiger partial charge on any atom is -0.343 e.